The second kappa shape index (κ2) is 4.26. The van der Waals surface area contributed by atoms with E-state index >= 15 is 0 Å². The van der Waals surface area contributed by atoms with Crippen molar-refractivity contribution >= 4 is 5.69 Å². The van der Waals surface area contributed by atoms with Crippen LogP contribution in [0, 0.1) is 17.5 Å². The SMILES string of the molecule is Fc1cc(NCc2cnc[nH]2)cc(F)c1F. The third kappa shape index (κ3) is 2.16. The van der Waals surface area contributed by atoms with E-state index < -0.39 is 17.5 Å². The predicted octanol–water partition coefficient (Wildman–Crippen LogP) is 2.44. The van der Waals surface area contributed by atoms with Gasteiger partial charge in [-0.25, -0.2) is 18.2 Å². The minimum atomic E-state index is -1.47. The van der Waals surface area contributed by atoms with Crippen molar-refractivity contribution in [2.75, 3.05) is 5.32 Å². The molecule has 16 heavy (non-hydrogen) atoms. The van der Waals surface area contributed by atoms with Gasteiger partial charge in [0.15, 0.2) is 17.5 Å². The maximum Gasteiger partial charge on any atom is 0.194 e. The Kier molecular flexibility index (Phi) is 2.80. The Hall–Kier alpha value is -1.98. The fraction of sp³-hybridized carbons (Fsp3) is 0.100. The maximum atomic E-state index is 12.8. The van der Waals surface area contributed by atoms with Crippen LogP contribution in [0.3, 0.4) is 0 Å². The lowest BCUT2D eigenvalue weighted by molar-refractivity contribution is 0.447. The molecular formula is C10H8F3N3. The van der Waals surface area contributed by atoms with Crippen LogP contribution in [-0.2, 0) is 6.54 Å². The van der Waals surface area contributed by atoms with Gasteiger partial charge < -0.3 is 10.3 Å². The van der Waals surface area contributed by atoms with Crippen molar-refractivity contribution in [1.82, 2.24) is 9.97 Å². The summed E-state index contributed by atoms with van der Waals surface area (Å²) in [6, 6.07) is 1.80. The molecule has 0 aliphatic carbocycles. The summed E-state index contributed by atoms with van der Waals surface area (Å²) in [6.45, 7) is 0.324. The van der Waals surface area contributed by atoms with Crippen molar-refractivity contribution in [3.8, 4) is 0 Å². The molecule has 0 bridgehead atoms. The molecule has 1 heterocycles. The summed E-state index contributed by atoms with van der Waals surface area (Å²) in [4.78, 5) is 6.59. The minimum Gasteiger partial charge on any atom is -0.379 e. The number of aromatic nitrogens is 2. The fourth-order valence-electron chi connectivity index (χ4n) is 1.24. The van der Waals surface area contributed by atoms with Crippen LogP contribution in [0.4, 0.5) is 18.9 Å². The normalized spacial score (nSPS) is 10.4. The molecule has 6 heteroatoms. The number of nitrogens with zero attached hydrogens (tertiary/aromatic N) is 1. The van der Waals surface area contributed by atoms with Gasteiger partial charge in [-0.2, -0.15) is 0 Å². The first-order chi connectivity index (χ1) is 7.66. The third-order valence-electron chi connectivity index (χ3n) is 2.02. The highest BCUT2D eigenvalue weighted by atomic mass is 19.2. The number of nitrogens with one attached hydrogen (secondary N) is 2. The molecule has 0 radical (unpaired) electrons. The Morgan fingerprint density at radius 3 is 2.44 bits per heavy atom. The van der Waals surface area contributed by atoms with Gasteiger partial charge in [-0.3, -0.25) is 0 Å². The van der Waals surface area contributed by atoms with Crippen LogP contribution >= 0.6 is 0 Å². The molecule has 1 aromatic carbocycles. The van der Waals surface area contributed by atoms with E-state index in [-0.39, 0.29) is 5.69 Å². The van der Waals surface area contributed by atoms with E-state index in [9.17, 15) is 13.2 Å². The van der Waals surface area contributed by atoms with Crippen molar-refractivity contribution in [3.05, 3.63) is 47.8 Å². The quantitative estimate of drug-likeness (QED) is 0.790. The van der Waals surface area contributed by atoms with Crippen LogP contribution in [0.25, 0.3) is 0 Å². The minimum absolute atomic E-state index is 0.172. The summed E-state index contributed by atoms with van der Waals surface area (Å²) in [5.41, 5.74) is 0.927. The van der Waals surface area contributed by atoms with E-state index in [1.54, 1.807) is 6.20 Å². The Bertz CT molecular complexity index is 459. The number of hydrogen-bond donors (Lipinski definition) is 2. The zero-order valence-corrected chi connectivity index (χ0v) is 8.10. The van der Waals surface area contributed by atoms with Gasteiger partial charge in [0.2, 0.25) is 0 Å². The van der Waals surface area contributed by atoms with Gasteiger partial charge in [0.05, 0.1) is 18.6 Å². The maximum absolute atomic E-state index is 12.8. The molecular weight excluding hydrogens is 219 g/mol. The first-order valence-corrected chi connectivity index (χ1v) is 4.52. The summed E-state index contributed by atoms with van der Waals surface area (Å²) >= 11 is 0. The monoisotopic (exact) mass is 227 g/mol. The van der Waals surface area contributed by atoms with E-state index in [4.69, 9.17) is 0 Å². The molecule has 0 aliphatic rings. The van der Waals surface area contributed by atoms with Gasteiger partial charge in [0.25, 0.3) is 0 Å². The molecule has 2 N–H and O–H groups in total. The topological polar surface area (TPSA) is 40.7 Å². The Morgan fingerprint density at radius 2 is 1.88 bits per heavy atom. The summed E-state index contributed by atoms with van der Waals surface area (Å²) in [6.07, 6.45) is 3.06. The van der Waals surface area contributed by atoms with Gasteiger partial charge in [-0.1, -0.05) is 0 Å². The van der Waals surface area contributed by atoms with E-state index in [1.165, 1.54) is 6.33 Å². The van der Waals surface area contributed by atoms with E-state index in [0.29, 0.717) is 6.54 Å². The molecule has 0 atom stereocenters. The number of rotatable bonds is 3. The number of aromatic amines is 1. The lowest BCUT2D eigenvalue weighted by atomic mass is 10.3. The number of hydrogen-bond acceptors (Lipinski definition) is 2. The average Bonchev–Trinajstić information content (AvgIpc) is 2.75. The Morgan fingerprint density at radius 1 is 1.19 bits per heavy atom. The molecule has 0 saturated carbocycles. The van der Waals surface area contributed by atoms with Gasteiger partial charge >= 0.3 is 0 Å². The smallest absolute Gasteiger partial charge is 0.194 e. The lowest BCUT2D eigenvalue weighted by Crippen LogP contribution is -2.02. The molecule has 0 spiro atoms. The summed E-state index contributed by atoms with van der Waals surface area (Å²) in [7, 11) is 0. The van der Waals surface area contributed by atoms with Crippen LogP contribution in [0.15, 0.2) is 24.7 Å². The predicted molar refractivity (Wildman–Crippen MR) is 52.2 cm³/mol. The van der Waals surface area contributed by atoms with E-state index in [2.05, 4.69) is 15.3 Å². The first kappa shape index (κ1) is 10.5. The molecule has 3 nitrogen and oxygen atoms in total. The number of benzene rings is 1. The van der Waals surface area contributed by atoms with E-state index in [1.807, 2.05) is 0 Å². The van der Waals surface area contributed by atoms with Crippen molar-refractivity contribution in [3.63, 3.8) is 0 Å². The molecule has 2 rings (SSSR count). The molecule has 0 fully saturated rings. The standard InChI is InChI=1S/C10H8F3N3/c11-8-1-6(2-9(12)10(8)13)15-4-7-3-14-5-16-7/h1-3,5,15H,4H2,(H,14,16). The highest BCUT2D eigenvalue weighted by molar-refractivity contribution is 5.44. The van der Waals surface area contributed by atoms with Crippen molar-refractivity contribution in [2.45, 2.75) is 6.54 Å². The van der Waals surface area contributed by atoms with Crippen LogP contribution in [0.1, 0.15) is 5.69 Å². The molecule has 1 aromatic heterocycles. The molecule has 0 aliphatic heterocycles. The number of H-pyrrole nitrogens is 1. The molecule has 84 valence electrons. The molecule has 0 saturated heterocycles. The lowest BCUT2D eigenvalue weighted by Gasteiger charge is -2.05. The summed E-state index contributed by atoms with van der Waals surface area (Å²) in [5.74, 6) is -3.90. The van der Waals surface area contributed by atoms with E-state index in [0.717, 1.165) is 17.8 Å². The highest BCUT2D eigenvalue weighted by Crippen LogP contribution is 2.17. The Labute approximate surface area is 89.3 Å². The molecule has 0 unspecified atom stereocenters. The van der Waals surface area contributed by atoms with Crippen LogP contribution < -0.4 is 5.32 Å². The van der Waals surface area contributed by atoms with Crippen LogP contribution in [-0.4, -0.2) is 9.97 Å². The number of anilines is 1. The van der Waals surface area contributed by atoms with Crippen molar-refractivity contribution in [2.24, 2.45) is 0 Å². The highest BCUT2D eigenvalue weighted by Gasteiger charge is 2.10. The summed E-state index contributed by atoms with van der Waals surface area (Å²) < 4.78 is 38.3. The largest absolute Gasteiger partial charge is 0.379 e. The van der Waals surface area contributed by atoms with Crippen molar-refractivity contribution < 1.29 is 13.2 Å². The van der Waals surface area contributed by atoms with Gasteiger partial charge in [0, 0.05) is 24.0 Å². The second-order valence-corrected chi connectivity index (χ2v) is 3.18. The third-order valence-corrected chi connectivity index (χ3v) is 2.02. The first-order valence-electron chi connectivity index (χ1n) is 4.52. The average molecular weight is 227 g/mol. The second-order valence-electron chi connectivity index (χ2n) is 3.18. The molecule has 2 aromatic rings. The zero-order valence-electron chi connectivity index (χ0n) is 8.10. The Balaban J connectivity index is 2.10. The molecule has 0 amide bonds. The van der Waals surface area contributed by atoms with Gasteiger partial charge in [-0.05, 0) is 0 Å². The number of halogens is 3. The summed E-state index contributed by atoms with van der Waals surface area (Å²) in [5, 5.41) is 2.74. The number of imidazole rings is 1. The van der Waals surface area contributed by atoms with Crippen LogP contribution in [0.5, 0.6) is 0 Å². The zero-order chi connectivity index (χ0) is 11.5. The fourth-order valence-corrected chi connectivity index (χ4v) is 1.24. The van der Waals surface area contributed by atoms with Gasteiger partial charge in [0.1, 0.15) is 0 Å². The van der Waals surface area contributed by atoms with Crippen LogP contribution in [0.2, 0.25) is 0 Å². The van der Waals surface area contributed by atoms with Crippen molar-refractivity contribution in [1.29, 1.82) is 0 Å². The van der Waals surface area contributed by atoms with Gasteiger partial charge in [-0.15, -0.1) is 0 Å².